The standard InChI is InChI=1S/C8H10N2/c1-6-5-7-3-2-4-8(7)10-9-6/h5H,2-4H2,1H3. The van der Waals surface area contributed by atoms with Gasteiger partial charge in [-0.2, -0.15) is 10.2 Å². The van der Waals surface area contributed by atoms with Gasteiger partial charge < -0.3 is 0 Å². The normalized spacial score (nSPS) is 15.3. The molecule has 1 aliphatic rings. The molecule has 1 heterocycles. The summed E-state index contributed by atoms with van der Waals surface area (Å²) in [5.41, 5.74) is 3.67. The molecule has 2 rings (SSSR count). The second kappa shape index (κ2) is 2.04. The molecule has 0 fully saturated rings. The number of fused-ring (bicyclic) bond motifs is 1. The van der Waals surface area contributed by atoms with Gasteiger partial charge in [0.25, 0.3) is 0 Å². The summed E-state index contributed by atoms with van der Waals surface area (Å²) in [5, 5.41) is 8.11. The summed E-state index contributed by atoms with van der Waals surface area (Å²) in [6, 6.07) is 2.15. The Morgan fingerprint density at radius 2 is 2.20 bits per heavy atom. The minimum atomic E-state index is 1.04. The van der Waals surface area contributed by atoms with Crippen LogP contribution in [0.1, 0.15) is 23.4 Å². The van der Waals surface area contributed by atoms with E-state index < -0.39 is 0 Å². The van der Waals surface area contributed by atoms with Gasteiger partial charge in [0.2, 0.25) is 0 Å². The molecule has 0 N–H and O–H groups in total. The molecule has 0 saturated heterocycles. The first-order chi connectivity index (χ1) is 4.86. The lowest BCUT2D eigenvalue weighted by Gasteiger charge is -1.95. The van der Waals surface area contributed by atoms with Crippen LogP contribution in [0, 0.1) is 6.92 Å². The Bertz CT molecular complexity index is 255. The summed E-state index contributed by atoms with van der Waals surface area (Å²) in [4.78, 5) is 0. The van der Waals surface area contributed by atoms with Crippen LogP contribution in [-0.2, 0) is 12.8 Å². The molecule has 0 saturated carbocycles. The van der Waals surface area contributed by atoms with Gasteiger partial charge in [-0.15, -0.1) is 0 Å². The van der Waals surface area contributed by atoms with Crippen LogP contribution in [0.5, 0.6) is 0 Å². The predicted molar refractivity (Wildman–Crippen MR) is 38.8 cm³/mol. The third kappa shape index (κ3) is 0.801. The summed E-state index contributed by atoms with van der Waals surface area (Å²) < 4.78 is 0. The lowest BCUT2D eigenvalue weighted by Crippen LogP contribution is -1.93. The Labute approximate surface area is 60.3 Å². The molecule has 1 aromatic rings. The summed E-state index contributed by atoms with van der Waals surface area (Å²) in [6.45, 7) is 1.99. The molecule has 0 spiro atoms. The Hall–Kier alpha value is -0.920. The number of nitrogens with zero attached hydrogens (tertiary/aromatic N) is 2. The quantitative estimate of drug-likeness (QED) is 0.534. The van der Waals surface area contributed by atoms with E-state index in [0.717, 1.165) is 12.1 Å². The zero-order valence-electron chi connectivity index (χ0n) is 6.09. The third-order valence-electron chi connectivity index (χ3n) is 1.94. The molecule has 0 radical (unpaired) electrons. The van der Waals surface area contributed by atoms with Crippen LogP contribution in [-0.4, -0.2) is 10.2 Å². The number of aryl methyl sites for hydroxylation is 3. The number of hydrogen-bond donors (Lipinski definition) is 0. The zero-order valence-corrected chi connectivity index (χ0v) is 6.09. The Kier molecular flexibility index (Phi) is 1.19. The van der Waals surface area contributed by atoms with Crippen molar-refractivity contribution < 1.29 is 0 Å². The lowest BCUT2D eigenvalue weighted by molar-refractivity contribution is 0.871. The van der Waals surface area contributed by atoms with Gasteiger partial charge in [0.15, 0.2) is 0 Å². The Morgan fingerprint density at radius 1 is 1.30 bits per heavy atom. The highest BCUT2D eigenvalue weighted by Crippen LogP contribution is 2.18. The number of hydrogen-bond acceptors (Lipinski definition) is 2. The molecule has 0 amide bonds. The van der Waals surface area contributed by atoms with Crippen LogP contribution >= 0.6 is 0 Å². The fraction of sp³-hybridized carbons (Fsp3) is 0.500. The van der Waals surface area contributed by atoms with Crippen molar-refractivity contribution in [2.24, 2.45) is 0 Å². The van der Waals surface area contributed by atoms with Crippen molar-refractivity contribution in [1.82, 2.24) is 10.2 Å². The Balaban J connectivity index is 2.52. The van der Waals surface area contributed by atoms with Crippen molar-refractivity contribution in [2.45, 2.75) is 26.2 Å². The zero-order chi connectivity index (χ0) is 6.97. The highest BCUT2D eigenvalue weighted by Gasteiger charge is 2.11. The van der Waals surface area contributed by atoms with Gasteiger partial charge >= 0.3 is 0 Å². The first-order valence-electron chi connectivity index (χ1n) is 3.68. The average Bonchev–Trinajstić information content (AvgIpc) is 2.33. The molecular formula is C8H10N2. The highest BCUT2D eigenvalue weighted by atomic mass is 15.1. The van der Waals surface area contributed by atoms with Gasteiger partial charge in [-0.1, -0.05) is 0 Å². The third-order valence-corrected chi connectivity index (χ3v) is 1.94. The van der Waals surface area contributed by atoms with E-state index in [2.05, 4.69) is 16.3 Å². The van der Waals surface area contributed by atoms with Gasteiger partial charge in [-0.05, 0) is 37.8 Å². The van der Waals surface area contributed by atoms with Crippen molar-refractivity contribution in [3.8, 4) is 0 Å². The van der Waals surface area contributed by atoms with Crippen LogP contribution in [0.15, 0.2) is 6.07 Å². The molecule has 2 nitrogen and oxygen atoms in total. The number of rotatable bonds is 0. The second-order valence-electron chi connectivity index (χ2n) is 2.81. The van der Waals surface area contributed by atoms with Crippen molar-refractivity contribution >= 4 is 0 Å². The van der Waals surface area contributed by atoms with Crippen molar-refractivity contribution in [3.05, 3.63) is 23.0 Å². The fourth-order valence-electron chi connectivity index (χ4n) is 1.44. The molecule has 1 aromatic heterocycles. The average molecular weight is 134 g/mol. The van der Waals surface area contributed by atoms with Crippen LogP contribution in [0.2, 0.25) is 0 Å². The lowest BCUT2D eigenvalue weighted by atomic mass is 10.2. The molecule has 0 aromatic carbocycles. The molecule has 2 heteroatoms. The van der Waals surface area contributed by atoms with Gasteiger partial charge in [0.1, 0.15) is 0 Å². The summed E-state index contributed by atoms with van der Waals surface area (Å²) in [5.74, 6) is 0. The minimum absolute atomic E-state index is 1.04. The summed E-state index contributed by atoms with van der Waals surface area (Å²) in [7, 11) is 0. The fourth-order valence-corrected chi connectivity index (χ4v) is 1.44. The molecule has 52 valence electrons. The van der Waals surface area contributed by atoms with E-state index in [1.165, 1.54) is 24.1 Å². The van der Waals surface area contributed by atoms with Crippen molar-refractivity contribution in [3.63, 3.8) is 0 Å². The SMILES string of the molecule is Cc1cc2c(nn1)CCC2. The summed E-state index contributed by atoms with van der Waals surface area (Å²) in [6.07, 6.45) is 3.59. The maximum atomic E-state index is 4.11. The molecule has 0 atom stereocenters. The molecule has 0 bridgehead atoms. The largest absolute Gasteiger partial charge is 0.156 e. The van der Waals surface area contributed by atoms with Crippen LogP contribution < -0.4 is 0 Å². The molecule has 1 aliphatic carbocycles. The minimum Gasteiger partial charge on any atom is -0.156 e. The maximum absolute atomic E-state index is 4.11. The van der Waals surface area contributed by atoms with Crippen molar-refractivity contribution in [1.29, 1.82) is 0 Å². The van der Waals surface area contributed by atoms with Gasteiger partial charge in [-0.25, -0.2) is 0 Å². The molecular weight excluding hydrogens is 124 g/mol. The van der Waals surface area contributed by atoms with E-state index in [1.54, 1.807) is 0 Å². The van der Waals surface area contributed by atoms with Gasteiger partial charge in [0.05, 0.1) is 11.4 Å². The number of aromatic nitrogens is 2. The van der Waals surface area contributed by atoms with E-state index >= 15 is 0 Å². The van der Waals surface area contributed by atoms with E-state index in [4.69, 9.17) is 0 Å². The van der Waals surface area contributed by atoms with Gasteiger partial charge in [0, 0.05) is 0 Å². The first kappa shape index (κ1) is 5.83. The van der Waals surface area contributed by atoms with Crippen LogP contribution in [0.4, 0.5) is 0 Å². The smallest absolute Gasteiger partial charge is 0.0663 e. The molecule has 10 heavy (non-hydrogen) atoms. The molecule has 0 unspecified atom stereocenters. The van der Waals surface area contributed by atoms with E-state index in [-0.39, 0.29) is 0 Å². The van der Waals surface area contributed by atoms with E-state index in [1.807, 2.05) is 6.92 Å². The maximum Gasteiger partial charge on any atom is 0.0663 e. The predicted octanol–water partition coefficient (Wildman–Crippen LogP) is 1.27. The monoisotopic (exact) mass is 134 g/mol. The topological polar surface area (TPSA) is 25.8 Å². The van der Waals surface area contributed by atoms with Crippen LogP contribution in [0.3, 0.4) is 0 Å². The molecule has 0 aliphatic heterocycles. The highest BCUT2D eigenvalue weighted by molar-refractivity contribution is 5.24. The van der Waals surface area contributed by atoms with E-state index in [0.29, 0.717) is 0 Å². The first-order valence-corrected chi connectivity index (χ1v) is 3.68. The van der Waals surface area contributed by atoms with Crippen LogP contribution in [0.25, 0.3) is 0 Å². The summed E-state index contributed by atoms with van der Waals surface area (Å²) >= 11 is 0. The Morgan fingerprint density at radius 3 is 3.10 bits per heavy atom. The van der Waals surface area contributed by atoms with Crippen molar-refractivity contribution in [2.75, 3.05) is 0 Å². The van der Waals surface area contributed by atoms with Gasteiger partial charge in [-0.3, -0.25) is 0 Å². The van der Waals surface area contributed by atoms with E-state index in [9.17, 15) is 0 Å². The second-order valence-corrected chi connectivity index (χ2v) is 2.81.